The molecule has 3 rings (SSSR count). The molecule has 0 N–H and O–H groups in total. The summed E-state index contributed by atoms with van der Waals surface area (Å²) >= 11 is 0. The Balaban J connectivity index is 1.93. The Morgan fingerprint density at radius 3 is 2.90 bits per heavy atom. The molecule has 2 aromatic heterocycles. The van der Waals surface area contributed by atoms with E-state index in [4.69, 9.17) is 9.26 Å². The van der Waals surface area contributed by atoms with E-state index in [1.54, 1.807) is 24.0 Å². The highest BCUT2D eigenvalue weighted by Gasteiger charge is 2.52. The van der Waals surface area contributed by atoms with E-state index in [1.807, 2.05) is 7.05 Å². The van der Waals surface area contributed by atoms with E-state index < -0.39 is 5.41 Å². The van der Waals surface area contributed by atoms with Crippen molar-refractivity contribution in [2.75, 3.05) is 6.61 Å². The summed E-state index contributed by atoms with van der Waals surface area (Å²) in [7, 11) is 1.85. The number of aromatic nitrogens is 4. The molecular formula is C13H16N4O3. The van der Waals surface area contributed by atoms with Crippen LogP contribution in [0.15, 0.2) is 17.0 Å². The van der Waals surface area contributed by atoms with E-state index >= 15 is 0 Å². The van der Waals surface area contributed by atoms with Gasteiger partial charge in [-0.3, -0.25) is 4.79 Å². The summed E-state index contributed by atoms with van der Waals surface area (Å²) in [5, 5.41) is 3.96. The number of imidazole rings is 1. The van der Waals surface area contributed by atoms with Crippen LogP contribution in [0.3, 0.4) is 0 Å². The number of esters is 1. The Morgan fingerprint density at radius 1 is 1.55 bits per heavy atom. The number of hydrogen-bond acceptors (Lipinski definition) is 6. The molecule has 2 heterocycles. The molecule has 0 unspecified atom stereocenters. The van der Waals surface area contributed by atoms with Crippen LogP contribution in [0.1, 0.15) is 32.1 Å². The normalized spacial score (nSPS) is 16.7. The maximum absolute atomic E-state index is 12.1. The summed E-state index contributed by atoms with van der Waals surface area (Å²) in [4.78, 5) is 20.5. The molecule has 0 spiro atoms. The quantitative estimate of drug-likeness (QED) is 0.786. The Bertz CT molecular complexity index is 627. The van der Waals surface area contributed by atoms with Crippen LogP contribution in [0.4, 0.5) is 0 Å². The minimum atomic E-state index is -0.750. The monoisotopic (exact) mass is 276 g/mol. The first-order valence-electron chi connectivity index (χ1n) is 6.65. The largest absolute Gasteiger partial charge is 0.465 e. The summed E-state index contributed by atoms with van der Waals surface area (Å²) in [5.41, 5.74) is -0.00169. The van der Waals surface area contributed by atoms with Gasteiger partial charge in [0, 0.05) is 7.05 Å². The maximum atomic E-state index is 12.1. The summed E-state index contributed by atoms with van der Waals surface area (Å²) in [6.07, 6.45) is 5.67. The summed E-state index contributed by atoms with van der Waals surface area (Å²) in [5.74, 6) is 0.514. The lowest BCUT2D eigenvalue weighted by molar-refractivity contribution is -0.155. The highest BCUT2D eigenvalue weighted by atomic mass is 16.5. The highest BCUT2D eigenvalue weighted by molar-refractivity contribution is 5.83. The van der Waals surface area contributed by atoms with Gasteiger partial charge in [-0.25, -0.2) is 4.98 Å². The molecule has 0 saturated heterocycles. The minimum Gasteiger partial charge on any atom is -0.465 e. The van der Waals surface area contributed by atoms with Crippen molar-refractivity contribution in [3.8, 4) is 11.5 Å². The number of ether oxygens (including phenoxy) is 1. The number of rotatable bonds is 4. The number of carbonyl (C=O) groups excluding carboxylic acids is 1. The van der Waals surface area contributed by atoms with Crippen LogP contribution in [-0.2, 0) is 22.0 Å². The second-order valence-electron chi connectivity index (χ2n) is 4.97. The van der Waals surface area contributed by atoms with E-state index in [2.05, 4.69) is 15.1 Å². The van der Waals surface area contributed by atoms with Crippen molar-refractivity contribution in [3.63, 3.8) is 0 Å². The molecule has 1 fully saturated rings. The summed E-state index contributed by atoms with van der Waals surface area (Å²) in [6, 6.07) is 0. The molecular weight excluding hydrogens is 260 g/mol. The average Bonchev–Trinajstić information content (AvgIpc) is 2.97. The van der Waals surface area contributed by atoms with E-state index in [0.717, 1.165) is 12.1 Å². The third-order valence-electron chi connectivity index (χ3n) is 3.75. The molecule has 106 valence electrons. The molecule has 0 bridgehead atoms. The SMILES string of the molecule is CCOC(=O)C1(c2nc(-c3cncn3C)no2)CCC1. The van der Waals surface area contributed by atoms with Crippen molar-refractivity contribution in [1.29, 1.82) is 0 Å². The standard InChI is InChI=1S/C13H16N4O3/c1-3-19-12(18)13(5-4-6-13)11-15-10(16-20-11)9-7-14-8-17(9)2/h7-8H,3-6H2,1-2H3. The smallest absolute Gasteiger partial charge is 0.321 e. The lowest BCUT2D eigenvalue weighted by Crippen LogP contribution is -2.44. The summed E-state index contributed by atoms with van der Waals surface area (Å²) < 4.78 is 12.3. The molecule has 0 aromatic carbocycles. The number of nitrogens with zero attached hydrogens (tertiary/aromatic N) is 4. The minimum absolute atomic E-state index is 0.272. The van der Waals surface area contributed by atoms with Gasteiger partial charge in [-0.15, -0.1) is 0 Å². The molecule has 0 atom stereocenters. The highest BCUT2D eigenvalue weighted by Crippen LogP contribution is 2.44. The van der Waals surface area contributed by atoms with Gasteiger partial charge < -0.3 is 13.8 Å². The van der Waals surface area contributed by atoms with Crippen molar-refractivity contribution < 1.29 is 14.1 Å². The first kappa shape index (κ1) is 12.8. The zero-order valence-electron chi connectivity index (χ0n) is 11.5. The molecule has 2 aromatic rings. The second-order valence-corrected chi connectivity index (χ2v) is 4.97. The Hall–Kier alpha value is -2.18. The molecule has 20 heavy (non-hydrogen) atoms. The van der Waals surface area contributed by atoms with Gasteiger partial charge >= 0.3 is 5.97 Å². The molecule has 1 aliphatic rings. The third kappa shape index (κ3) is 1.81. The van der Waals surface area contributed by atoms with Gasteiger partial charge in [-0.2, -0.15) is 4.98 Å². The summed E-state index contributed by atoms with van der Waals surface area (Å²) in [6.45, 7) is 2.14. The first-order chi connectivity index (χ1) is 9.67. The molecule has 1 saturated carbocycles. The predicted octanol–water partition coefficient (Wildman–Crippen LogP) is 1.45. The number of carbonyl (C=O) groups is 1. The molecule has 1 aliphatic carbocycles. The Morgan fingerprint density at radius 2 is 2.35 bits per heavy atom. The van der Waals surface area contributed by atoms with Crippen LogP contribution in [0.5, 0.6) is 0 Å². The second kappa shape index (κ2) is 4.73. The molecule has 0 amide bonds. The van der Waals surface area contributed by atoms with E-state index in [0.29, 0.717) is 31.2 Å². The van der Waals surface area contributed by atoms with Crippen molar-refractivity contribution in [1.82, 2.24) is 19.7 Å². The van der Waals surface area contributed by atoms with Crippen LogP contribution < -0.4 is 0 Å². The fourth-order valence-corrected chi connectivity index (χ4v) is 2.40. The van der Waals surface area contributed by atoms with Gasteiger partial charge in [0.15, 0.2) is 0 Å². The lowest BCUT2D eigenvalue weighted by Gasteiger charge is -2.35. The van der Waals surface area contributed by atoms with Gasteiger partial charge in [0.1, 0.15) is 11.1 Å². The van der Waals surface area contributed by atoms with E-state index in [1.165, 1.54) is 0 Å². The fraction of sp³-hybridized carbons (Fsp3) is 0.538. The van der Waals surface area contributed by atoms with Gasteiger partial charge in [0.25, 0.3) is 0 Å². The molecule has 0 aliphatic heterocycles. The van der Waals surface area contributed by atoms with Gasteiger partial charge in [-0.1, -0.05) is 11.6 Å². The number of hydrogen-bond donors (Lipinski definition) is 0. The maximum Gasteiger partial charge on any atom is 0.321 e. The number of aryl methyl sites for hydroxylation is 1. The van der Waals surface area contributed by atoms with Crippen LogP contribution in [0.2, 0.25) is 0 Å². The fourth-order valence-electron chi connectivity index (χ4n) is 2.40. The zero-order chi connectivity index (χ0) is 14.2. The van der Waals surface area contributed by atoms with E-state index in [9.17, 15) is 4.79 Å². The molecule has 0 radical (unpaired) electrons. The van der Waals surface area contributed by atoms with Gasteiger partial charge in [0.05, 0.1) is 19.1 Å². The predicted molar refractivity (Wildman–Crippen MR) is 68.7 cm³/mol. The lowest BCUT2D eigenvalue weighted by atomic mass is 9.68. The van der Waals surface area contributed by atoms with Crippen LogP contribution in [0.25, 0.3) is 11.5 Å². The Kier molecular flexibility index (Phi) is 3.04. The first-order valence-corrected chi connectivity index (χ1v) is 6.65. The van der Waals surface area contributed by atoms with Crippen molar-refractivity contribution >= 4 is 5.97 Å². The third-order valence-corrected chi connectivity index (χ3v) is 3.75. The van der Waals surface area contributed by atoms with Crippen LogP contribution >= 0.6 is 0 Å². The molecule has 7 nitrogen and oxygen atoms in total. The Labute approximate surface area is 116 Å². The van der Waals surface area contributed by atoms with E-state index in [-0.39, 0.29) is 5.97 Å². The van der Waals surface area contributed by atoms with Crippen LogP contribution in [0, 0.1) is 0 Å². The van der Waals surface area contributed by atoms with Crippen molar-refractivity contribution in [3.05, 3.63) is 18.4 Å². The van der Waals surface area contributed by atoms with Crippen molar-refractivity contribution in [2.45, 2.75) is 31.6 Å². The molecule has 7 heteroatoms. The average molecular weight is 276 g/mol. The zero-order valence-corrected chi connectivity index (χ0v) is 11.5. The van der Waals surface area contributed by atoms with Gasteiger partial charge in [-0.05, 0) is 19.8 Å². The van der Waals surface area contributed by atoms with Crippen LogP contribution in [-0.4, -0.2) is 32.3 Å². The van der Waals surface area contributed by atoms with Crippen molar-refractivity contribution in [2.24, 2.45) is 7.05 Å². The topological polar surface area (TPSA) is 83.0 Å². The van der Waals surface area contributed by atoms with Gasteiger partial charge in [0.2, 0.25) is 11.7 Å².